The number of ketones is 1. The van der Waals surface area contributed by atoms with Gasteiger partial charge in [-0.1, -0.05) is 52.3 Å². The number of hydrogen-bond donors (Lipinski definition) is 3. The van der Waals surface area contributed by atoms with Gasteiger partial charge in [0.05, 0.1) is 5.56 Å². The number of carbonyl (C=O) groups excluding carboxylic acids is 1. The van der Waals surface area contributed by atoms with Crippen LogP contribution in [0.4, 0.5) is 0 Å². The minimum atomic E-state index is -1.21. The van der Waals surface area contributed by atoms with Crippen LogP contribution in [0.1, 0.15) is 51.9 Å². The highest BCUT2D eigenvalue weighted by Crippen LogP contribution is 2.53. The quantitative estimate of drug-likeness (QED) is 0.430. The number of carboxylic acids is 1. The Kier molecular flexibility index (Phi) is 6.05. The number of benzene rings is 1. The number of aliphatic carboxylic acids is 1. The molecule has 0 heterocycles. The Morgan fingerprint density at radius 1 is 1.17 bits per heavy atom. The summed E-state index contributed by atoms with van der Waals surface area (Å²) in [6.07, 6.45) is 2.98. The third-order valence-electron chi connectivity index (χ3n) is 5.39. The number of allylic oxidation sites excluding steroid dienone is 4. The van der Waals surface area contributed by atoms with Crippen molar-refractivity contribution in [2.45, 2.75) is 41.5 Å². The Bertz CT molecular complexity index is 958. The molecule has 0 radical (unpaired) electrons. The van der Waals surface area contributed by atoms with Gasteiger partial charge in [0, 0.05) is 16.4 Å². The fourth-order valence-corrected chi connectivity index (χ4v) is 4.60. The van der Waals surface area contributed by atoms with E-state index >= 15 is 0 Å². The molecular formula is C23H27ClO5. The van der Waals surface area contributed by atoms with Crippen LogP contribution >= 0.6 is 11.6 Å². The molecule has 1 aromatic carbocycles. The molecule has 156 valence electrons. The van der Waals surface area contributed by atoms with E-state index in [2.05, 4.69) is 0 Å². The summed E-state index contributed by atoms with van der Waals surface area (Å²) in [4.78, 5) is 24.5. The molecule has 1 atom stereocenters. The molecule has 6 heteroatoms. The molecule has 0 aromatic heterocycles. The first kappa shape index (κ1) is 22.8. The molecule has 0 spiro atoms. The number of phenolic OH excluding ortho intramolecular Hbond substituents is 1. The number of rotatable bonds is 4. The third kappa shape index (κ3) is 4.25. The van der Waals surface area contributed by atoms with Gasteiger partial charge in [-0.2, -0.15) is 0 Å². The summed E-state index contributed by atoms with van der Waals surface area (Å²) in [6.45, 7) is 11.2. The van der Waals surface area contributed by atoms with Gasteiger partial charge in [0.2, 0.25) is 0 Å². The lowest BCUT2D eigenvalue weighted by Crippen LogP contribution is -2.38. The van der Waals surface area contributed by atoms with Gasteiger partial charge in [0.1, 0.15) is 17.1 Å². The monoisotopic (exact) mass is 418 g/mol. The lowest BCUT2D eigenvalue weighted by molar-refractivity contribution is -0.132. The molecule has 3 N–H and O–H groups in total. The van der Waals surface area contributed by atoms with Crippen molar-refractivity contribution < 1.29 is 24.9 Å². The van der Waals surface area contributed by atoms with Crippen molar-refractivity contribution in [3.8, 4) is 5.75 Å². The average molecular weight is 419 g/mol. The van der Waals surface area contributed by atoms with E-state index in [1.165, 1.54) is 24.3 Å². The first-order chi connectivity index (χ1) is 13.2. The maximum atomic E-state index is 12.6. The zero-order chi connectivity index (χ0) is 22.3. The normalized spacial score (nSPS) is 19.8. The lowest BCUT2D eigenvalue weighted by Gasteiger charge is -2.45. The van der Waals surface area contributed by atoms with E-state index in [1.807, 2.05) is 34.6 Å². The minimum Gasteiger partial charge on any atom is -0.507 e. The lowest BCUT2D eigenvalue weighted by atomic mass is 9.58. The van der Waals surface area contributed by atoms with Crippen molar-refractivity contribution in [3.63, 3.8) is 0 Å². The number of carboxylic acid groups (broad SMARTS) is 1. The van der Waals surface area contributed by atoms with Crippen molar-refractivity contribution in [1.82, 2.24) is 0 Å². The molecule has 0 bridgehead atoms. The van der Waals surface area contributed by atoms with Gasteiger partial charge >= 0.3 is 5.97 Å². The second-order valence-electron chi connectivity index (χ2n) is 8.92. The molecule has 0 aliphatic heterocycles. The van der Waals surface area contributed by atoms with Gasteiger partial charge in [-0.25, -0.2) is 4.79 Å². The molecule has 1 unspecified atom stereocenters. The van der Waals surface area contributed by atoms with Gasteiger partial charge in [0.25, 0.3) is 0 Å². The van der Waals surface area contributed by atoms with Crippen LogP contribution in [-0.2, 0) is 4.79 Å². The second-order valence-corrected chi connectivity index (χ2v) is 9.36. The van der Waals surface area contributed by atoms with E-state index < -0.39 is 28.5 Å². The van der Waals surface area contributed by atoms with Crippen molar-refractivity contribution in [2.24, 2.45) is 16.7 Å². The van der Waals surface area contributed by atoms with Gasteiger partial charge in [-0.15, -0.1) is 0 Å². The average Bonchev–Trinajstić information content (AvgIpc) is 2.51. The van der Waals surface area contributed by atoms with Crippen LogP contribution in [0.15, 0.2) is 52.8 Å². The highest BCUT2D eigenvalue weighted by atomic mass is 35.5. The molecule has 1 aliphatic rings. The fraction of sp³-hybridized carbons (Fsp3) is 0.391. The van der Waals surface area contributed by atoms with Crippen LogP contribution in [-0.4, -0.2) is 27.1 Å². The standard InChI is InChI=1S/C23H27ClO5/c1-12-15(9-10-16(25)14-8-7-13(24)11-17(14)26)23(5,6)20(22(2,3)4)19(27)18(12)21(28)29/h7-11,15,26-27H,1-6H3,(H,28,29). The molecular weight excluding hydrogens is 392 g/mol. The number of phenols is 1. The molecule has 0 saturated carbocycles. The Morgan fingerprint density at radius 3 is 2.24 bits per heavy atom. The van der Waals surface area contributed by atoms with Gasteiger partial charge in [-0.3, -0.25) is 4.79 Å². The largest absolute Gasteiger partial charge is 0.507 e. The first-order valence-corrected chi connectivity index (χ1v) is 9.67. The summed E-state index contributed by atoms with van der Waals surface area (Å²) in [7, 11) is 0. The summed E-state index contributed by atoms with van der Waals surface area (Å²) in [5.41, 5.74) is -0.0646. The Labute approximate surface area is 176 Å². The topological polar surface area (TPSA) is 94.8 Å². The van der Waals surface area contributed by atoms with Gasteiger partial charge < -0.3 is 15.3 Å². The van der Waals surface area contributed by atoms with E-state index in [9.17, 15) is 24.9 Å². The van der Waals surface area contributed by atoms with Crippen molar-refractivity contribution in [3.05, 3.63) is 63.4 Å². The summed E-state index contributed by atoms with van der Waals surface area (Å²) < 4.78 is 0. The molecule has 5 nitrogen and oxygen atoms in total. The van der Waals surface area contributed by atoms with E-state index in [0.717, 1.165) is 0 Å². The Hall–Kier alpha value is -2.53. The zero-order valence-corrected chi connectivity index (χ0v) is 18.3. The number of aliphatic hydroxyl groups is 1. The molecule has 1 aromatic rings. The molecule has 1 aliphatic carbocycles. The van der Waals surface area contributed by atoms with E-state index in [1.54, 1.807) is 13.0 Å². The smallest absolute Gasteiger partial charge is 0.339 e. The maximum Gasteiger partial charge on any atom is 0.339 e. The van der Waals surface area contributed by atoms with E-state index in [0.29, 0.717) is 16.2 Å². The zero-order valence-electron chi connectivity index (χ0n) is 17.5. The summed E-state index contributed by atoms with van der Waals surface area (Å²) in [6, 6.07) is 4.24. The SMILES string of the molecule is CC1=C(C(=O)O)C(O)=C(C(C)(C)C)C(C)(C)C1C=CC(=O)c1ccc(Cl)cc1O. The molecule has 29 heavy (non-hydrogen) atoms. The summed E-state index contributed by atoms with van der Waals surface area (Å²) in [5, 5.41) is 30.8. The Balaban J connectivity index is 2.57. The third-order valence-corrected chi connectivity index (χ3v) is 5.62. The predicted molar refractivity (Wildman–Crippen MR) is 113 cm³/mol. The number of hydrogen-bond acceptors (Lipinski definition) is 4. The highest BCUT2D eigenvalue weighted by Gasteiger charge is 2.46. The fourth-order valence-electron chi connectivity index (χ4n) is 4.43. The van der Waals surface area contributed by atoms with Crippen LogP contribution in [0.25, 0.3) is 0 Å². The van der Waals surface area contributed by atoms with E-state index in [4.69, 9.17) is 11.6 Å². The summed E-state index contributed by atoms with van der Waals surface area (Å²) in [5.74, 6) is -2.49. The molecule has 0 amide bonds. The number of halogens is 1. The maximum absolute atomic E-state index is 12.6. The highest BCUT2D eigenvalue weighted by molar-refractivity contribution is 6.31. The molecule has 0 saturated heterocycles. The van der Waals surface area contributed by atoms with Crippen LogP contribution in [0.2, 0.25) is 5.02 Å². The molecule has 2 rings (SSSR count). The number of aromatic hydroxyl groups is 1. The van der Waals surface area contributed by atoms with Crippen LogP contribution in [0, 0.1) is 16.7 Å². The number of aliphatic hydroxyl groups excluding tert-OH is 1. The number of carbonyl (C=O) groups is 2. The summed E-state index contributed by atoms with van der Waals surface area (Å²) >= 11 is 5.82. The van der Waals surface area contributed by atoms with Crippen molar-refractivity contribution >= 4 is 23.4 Å². The van der Waals surface area contributed by atoms with Crippen molar-refractivity contribution in [1.29, 1.82) is 0 Å². The second kappa shape index (κ2) is 7.71. The van der Waals surface area contributed by atoms with Crippen molar-refractivity contribution in [2.75, 3.05) is 0 Å². The van der Waals surface area contributed by atoms with Gasteiger partial charge in [0.15, 0.2) is 5.78 Å². The van der Waals surface area contributed by atoms with Crippen LogP contribution < -0.4 is 0 Å². The molecule has 0 fully saturated rings. The van der Waals surface area contributed by atoms with E-state index in [-0.39, 0.29) is 22.6 Å². The minimum absolute atomic E-state index is 0.105. The Morgan fingerprint density at radius 2 is 1.76 bits per heavy atom. The predicted octanol–water partition coefficient (Wildman–Crippen LogP) is 5.70. The van der Waals surface area contributed by atoms with Crippen LogP contribution in [0.3, 0.4) is 0 Å². The van der Waals surface area contributed by atoms with Crippen LogP contribution in [0.5, 0.6) is 5.75 Å². The van der Waals surface area contributed by atoms with Gasteiger partial charge in [-0.05, 0) is 47.8 Å². The first-order valence-electron chi connectivity index (χ1n) is 9.29.